The molecule has 0 unspecified atom stereocenters. The molecule has 4 N–H and O–H groups in total. The van der Waals surface area contributed by atoms with Crippen LogP contribution in [0.5, 0.6) is 0 Å². The first-order valence-electron chi connectivity index (χ1n) is 4.36. The van der Waals surface area contributed by atoms with E-state index in [1.165, 1.54) is 0 Å². The van der Waals surface area contributed by atoms with Crippen molar-refractivity contribution in [2.75, 3.05) is 13.2 Å². The SMILES string of the molecule is CCOC(=S)S.O=C[C@@H](O)[C@H](O)[C@H](O)CO. The van der Waals surface area contributed by atoms with Crippen LogP contribution in [0.25, 0.3) is 0 Å². The smallest absolute Gasteiger partial charge is 0.216 e. The molecule has 0 saturated carbocycles. The molecule has 16 heavy (non-hydrogen) atoms. The standard InChI is InChI=1S/C5H10O5.C3H6OS2/c6-1-3(8)5(10)4(9)2-7;1-2-4-3(5)6/h1,3-5,7-10H,2H2;2H2,1H3,(H,5,6)/t3-,4-,5+;/m1./s1. The summed E-state index contributed by atoms with van der Waals surface area (Å²) in [5.41, 5.74) is 0. The van der Waals surface area contributed by atoms with Crippen molar-refractivity contribution in [1.82, 2.24) is 0 Å². The Morgan fingerprint density at radius 1 is 1.50 bits per heavy atom. The van der Waals surface area contributed by atoms with Crippen LogP contribution in [0.15, 0.2) is 0 Å². The molecule has 0 saturated heterocycles. The molecule has 0 rings (SSSR count). The zero-order chi connectivity index (χ0) is 13.1. The van der Waals surface area contributed by atoms with Gasteiger partial charge in [-0.05, 0) is 19.1 Å². The molecule has 0 aromatic rings. The number of thiol groups is 1. The van der Waals surface area contributed by atoms with Gasteiger partial charge in [-0.1, -0.05) is 12.6 Å². The summed E-state index contributed by atoms with van der Waals surface area (Å²) in [6.07, 6.45) is -4.63. The number of aliphatic hydroxyl groups excluding tert-OH is 4. The Morgan fingerprint density at radius 3 is 2.19 bits per heavy atom. The van der Waals surface area contributed by atoms with E-state index in [0.29, 0.717) is 11.0 Å². The summed E-state index contributed by atoms with van der Waals surface area (Å²) in [5, 5.41) is 34.1. The van der Waals surface area contributed by atoms with Gasteiger partial charge in [0.1, 0.15) is 18.3 Å². The molecule has 0 amide bonds. The molecule has 3 atom stereocenters. The molecule has 0 fully saturated rings. The topological polar surface area (TPSA) is 107 Å². The van der Waals surface area contributed by atoms with Crippen LogP contribution in [-0.2, 0) is 9.53 Å². The van der Waals surface area contributed by atoms with Crippen LogP contribution in [0.2, 0.25) is 0 Å². The molecule has 0 aliphatic rings. The minimum Gasteiger partial charge on any atom is -0.479 e. The quantitative estimate of drug-likeness (QED) is 0.235. The number of aldehydes is 1. The zero-order valence-electron chi connectivity index (χ0n) is 8.68. The van der Waals surface area contributed by atoms with E-state index in [0.717, 1.165) is 0 Å². The second kappa shape index (κ2) is 11.2. The molecule has 0 aromatic heterocycles. The minimum atomic E-state index is -1.64. The molecule has 0 bridgehead atoms. The van der Waals surface area contributed by atoms with Crippen molar-refractivity contribution >= 4 is 35.5 Å². The van der Waals surface area contributed by atoms with Gasteiger partial charge in [0, 0.05) is 0 Å². The molecular formula is C8H16O6S2. The second-order valence-electron chi connectivity index (χ2n) is 2.57. The van der Waals surface area contributed by atoms with Crippen LogP contribution in [0, 0.1) is 0 Å². The third-order valence-electron chi connectivity index (χ3n) is 1.34. The fourth-order valence-corrected chi connectivity index (χ4v) is 0.787. The molecule has 0 spiro atoms. The van der Waals surface area contributed by atoms with Crippen molar-refractivity contribution in [3.05, 3.63) is 0 Å². The maximum Gasteiger partial charge on any atom is 0.216 e. The summed E-state index contributed by atoms with van der Waals surface area (Å²) in [6, 6.07) is 0. The van der Waals surface area contributed by atoms with Gasteiger partial charge in [0.2, 0.25) is 4.38 Å². The summed E-state index contributed by atoms with van der Waals surface area (Å²) < 4.78 is 4.95. The van der Waals surface area contributed by atoms with E-state index in [9.17, 15) is 4.79 Å². The van der Waals surface area contributed by atoms with Gasteiger partial charge in [-0.25, -0.2) is 0 Å². The van der Waals surface area contributed by atoms with E-state index in [-0.39, 0.29) is 6.29 Å². The van der Waals surface area contributed by atoms with Crippen LogP contribution in [0.1, 0.15) is 6.92 Å². The maximum atomic E-state index is 9.76. The predicted octanol–water partition coefficient (Wildman–Crippen LogP) is -1.50. The van der Waals surface area contributed by atoms with Crippen molar-refractivity contribution in [1.29, 1.82) is 0 Å². The van der Waals surface area contributed by atoms with E-state index in [4.69, 9.17) is 20.4 Å². The van der Waals surface area contributed by atoms with E-state index in [1.54, 1.807) is 0 Å². The summed E-state index contributed by atoms with van der Waals surface area (Å²) in [6.45, 7) is 1.79. The van der Waals surface area contributed by atoms with Crippen LogP contribution in [0.4, 0.5) is 0 Å². The summed E-state index contributed by atoms with van der Waals surface area (Å²) in [4.78, 5) is 9.76. The second-order valence-corrected chi connectivity index (χ2v) is 3.65. The minimum absolute atomic E-state index is 0.0869. The van der Waals surface area contributed by atoms with Crippen molar-refractivity contribution in [3.8, 4) is 0 Å². The monoisotopic (exact) mass is 272 g/mol. The number of thiocarbonyl (C=S) groups is 1. The van der Waals surface area contributed by atoms with Gasteiger partial charge in [-0.2, -0.15) is 0 Å². The van der Waals surface area contributed by atoms with Crippen LogP contribution in [0.3, 0.4) is 0 Å². The number of ether oxygens (including phenoxy) is 1. The van der Waals surface area contributed by atoms with E-state index >= 15 is 0 Å². The van der Waals surface area contributed by atoms with Gasteiger partial charge in [0.25, 0.3) is 0 Å². The number of aliphatic hydroxyl groups is 4. The number of carbonyl (C=O) groups is 1. The lowest BCUT2D eigenvalue weighted by Gasteiger charge is -2.16. The molecule has 96 valence electrons. The Kier molecular flexibility index (Phi) is 12.7. The number of hydrogen-bond acceptors (Lipinski definition) is 7. The van der Waals surface area contributed by atoms with Crippen molar-refractivity contribution in [2.24, 2.45) is 0 Å². The molecule has 8 heteroatoms. The highest BCUT2D eigenvalue weighted by molar-refractivity contribution is 8.10. The van der Waals surface area contributed by atoms with E-state index < -0.39 is 24.9 Å². The first kappa shape index (κ1) is 18.1. The lowest BCUT2D eigenvalue weighted by molar-refractivity contribution is -0.127. The van der Waals surface area contributed by atoms with Gasteiger partial charge in [-0.3, -0.25) is 0 Å². The molecule has 0 aliphatic heterocycles. The Hall–Kier alpha value is -0.250. The summed E-state index contributed by atoms with van der Waals surface area (Å²) >= 11 is 8.12. The highest BCUT2D eigenvalue weighted by Crippen LogP contribution is 1.96. The van der Waals surface area contributed by atoms with Gasteiger partial charge in [0.15, 0.2) is 6.29 Å². The average Bonchev–Trinajstić information content (AvgIpc) is 2.26. The third-order valence-corrected chi connectivity index (χ3v) is 1.59. The first-order valence-corrected chi connectivity index (χ1v) is 5.22. The van der Waals surface area contributed by atoms with Crippen LogP contribution in [-0.4, -0.2) is 62.6 Å². The highest BCUT2D eigenvalue weighted by atomic mass is 32.1. The fourth-order valence-electron chi connectivity index (χ4n) is 0.540. The largest absolute Gasteiger partial charge is 0.479 e. The molecule has 0 aromatic carbocycles. The molecular weight excluding hydrogens is 256 g/mol. The molecule has 0 radical (unpaired) electrons. The summed E-state index contributed by atoms with van der Waals surface area (Å²) in [5.74, 6) is 0. The third kappa shape index (κ3) is 10.3. The number of rotatable bonds is 5. The Balaban J connectivity index is 0. The van der Waals surface area contributed by atoms with Gasteiger partial charge >= 0.3 is 0 Å². The normalized spacial score (nSPS) is 15.1. The average molecular weight is 272 g/mol. The molecule has 0 aliphatic carbocycles. The Bertz CT molecular complexity index is 201. The Morgan fingerprint density at radius 2 is 2.00 bits per heavy atom. The summed E-state index contributed by atoms with van der Waals surface area (Å²) in [7, 11) is 0. The van der Waals surface area contributed by atoms with Gasteiger partial charge < -0.3 is 30.0 Å². The lowest BCUT2D eigenvalue weighted by Crippen LogP contribution is -2.40. The van der Waals surface area contributed by atoms with Crippen molar-refractivity contribution < 1.29 is 30.0 Å². The number of hydrogen-bond donors (Lipinski definition) is 5. The van der Waals surface area contributed by atoms with Gasteiger partial charge in [-0.15, -0.1) is 0 Å². The fraction of sp³-hybridized carbons (Fsp3) is 0.750. The van der Waals surface area contributed by atoms with Crippen LogP contribution >= 0.6 is 24.8 Å². The zero-order valence-corrected chi connectivity index (χ0v) is 10.4. The van der Waals surface area contributed by atoms with Crippen LogP contribution < -0.4 is 0 Å². The predicted molar refractivity (Wildman–Crippen MR) is 64.4 cm³/mol. The van der Waals surface area contributed by atoms with Crippen molar-refractivity contribution in [2.45, 2.75) is 25.2 Å². The number of carbonyl (C=O) groups excluding carboxylic acids is 1. The van der Waals surface area contributed by atoms with Crippen molar-refractivity contribution in [3.63, 3.8) is 0 Å². The van der Waals surface area contributed by atoms with E-state index in [1.807, 2.05) is 6.92 Å². The Labute approximate surface area is 104 Å². The first-order chi connectivity index (χ1) is 7.40. The maximum absolute atomic E-state index is 9.76. The highest BCUT2D eigenvalue weighted by Gasteiger charge is 2.22. The van der Waals surface area contributed by atoms with Gasteiger partial charge in [0.05, 0.1) is 13.2 Å². The molecule has 0 heterocycles. The lowest BCUT2D eigenvalue weighted by atomic mass is 10.1. The van der Waals surface area contributed by atoms with E-state index in [2.05, 4.69) is 29.6 Å². The molecule has 6 nitrogen and oxygen atoms in total.